The fraction of sp³-hybridized carbons (Fsp3) is 0.133. The second-order valence-electron chi connectivity index (χ2n) is 3.71. The van der Waals surface area contributed by atoms with Gasteiger partial charge in [0.05, 0.1) is 12.5 Å². The number of hydrogen-bond acceptors (Lipinski definition) is 2. The Morgan fingerprint density at radius 2 is 1.53 bits per heavy atom. The standard InChI is InChI=1S/C15H13NO/c16-11-10-13-6-4-5-7-14(13)12-17-15-8-2-1-3-9-15/h1-9H,10,12H2. The molecule has 0 spiro atoms. The van der Waals surface area contributed by atoms with Gasteiger partial charge < -0.3 is 4.74 Å². The molecule has 2 heteroatoms. The third-order valence-corrected chi connectivity index (χ3v) is 2.53. The molecule has 0 N–H and O–H groups in total. The zero-order chi connectivity index (χ0) is 11.9. The Hall–Kier alpha value is -2.27. The molecule has 2 aromatic carbocycles. The van der Waals surface area contributed by atoms with Gasteiger partial charge in [-0.2, -0.15) is 5.26 Å². The minimum absolute atomic E-state index is 0.425. The van der Waals surface area contributed by atoms with Crippen LogP contribution in [0.2, 0.25) is 0 Å². The molecule has 0 heterocycles. The first kappa shape index (κ1) is 11.2. The fourth-order valence-electron chi connectivity index (χ4n) is 1.63. The molecule has 17 heavy (non-hydrogen) atoms. The SMILES string of the molecule is N#CCc1ccccc1COc1ccccc1. The van der Waals surface area contributed by atoms with Gasteiger partial charge in [-0.05, 0) is 23.3 Å². The molecule has 0 radical (unpaired) electrons. The summed E-state index contributed by atoms with van der Waals surface area (Å²) in [6, 6.07) is 19.7. The molecule has 0 saturated heterocycles. The van der Waals surface area contributed by atoms with Crippen molar-refractivity contribution >= 4 is 0 Å². The smallest absolute Gasteiger partial charge is 0.119 e. The van der Waals surface area contributed by atoms with E-state index in [9.17, 15) is 0 Å². The normalized spacial score (nSPS) is 9.59. The summed E-state index contributed by atoms with van der Waals surface area (Å²) in [6.45, 7) is 0.502. The van der Waals surface area contributed by atoms with Crippen molar-refractivity contribution in [3.8, 4) is 11.8 Å². The lowest BCUT2D eigenvalue weighted by Crippen LogP contribution is -1.99. The van der Waals surface area contributed by atoms with Gasteiger partial charge in [0.15, 0.2) is 0 Å². The second-order valence-corrected chi connectivity index (χ2v) is 3.71. The first-order valence-corrected chi connectivity index (χ1v) is 5.52. The van der Waals surface area contributed by atoms with Crippen LogP contribution in [0.15, 0.2) is 54.6 Å². The van der Waals surface area contributed by atoms with Crippen LogP contribution in [-0.4, -0.2) is 0 Å². The molecule has 0 aliphatic rings. The first-order valence-electron chi connectivity index (χ1n) is 5.52. The van der Waals surface area contributed by atoms with Crippen molar-refractivity contribution in [1.82, 2.24) is 0 Å². The maximum absolute atomic E-state index is 8.74. The van der Waals surface area contributed by atoms with Crippen LogP contribution in [0.4, 0.5) is 0 Å². The number of rotatable bonds is 4. The number of nitriles is 1. The van der Waals surface area contributed by atoms with Crippen molar-refractivity contribution in [3.05, 3.63) is 65.7 Å². The third-order valence-electron chi connectivity index (χ3n) is 2.53. The van der Waals surface area contributed by atoms with Gasteiger partial charge in [-0.25, -0.2) is 0 Å². The third kappa shape index (κ3) is 3.09. The maximum Gasteiger partial charge on any atom is 0.119 e. The summed E-state index contributed by atoms with van der Waals surface area (Å²) in [6.07, 6.45) is 0.425. The van der Waals surface area contributed by atoms with E-state index in [2.05, 4.69) is 6.07 Å². The Morgan fingerprint density at radius 1 is 0.882 bits per heavy atom. The Kier molecular flexibility index (Phi) is 3.77. The van der Waals surface area contributed by atoms with Crippen LogP contribution in [0.1, 0.15) is 11.1 Å². The molecule has 0 saturated carbocycles. The predicted octanol–water partition coefficient (Wildman–Crippen LogP) is 3.33. The zero-order valence-electron chi connectivity index (χ0n) is 9.47. The number of ether oxygens (including phenoxy) is 1. The lowest BCUT2D eigenvalue weighted by Gasteiger charge is -2.08. The van der Waals surface area contributed by atoms with Gasteiger partial charge in [-0.15, -0.1) is 0 Å². The maximum atomic E-state index is 8.74. The van der Waals surface area contributed by atoms with Gasteiger partial charge >= 0.3 is 0 Å². The van der Waals surface area contributed by atoms with E-state index in [1.807, 2.05) is 54.6 Å². The van der Waals surface area contributed by atoms with E-state index in [0.29, 0.717) is 13.0 Å². The highest BCUT2D eigenvalue weighted by molar-refractivity contribution is 5.30. The van der Waals surface area contributed by atoms with Crippen LogP contribution in [0.25, 0.3) is 0 Å². The van der Waals surface area contributed by atoms with E-state index in [-0.39, 0.29) is 0 Å². The van der Waals surface area contributed by atoms with Gasteiger partial charge in [0.25, 0.3) is 0 Å². The fourth-order valence-corrected chi connectivity index (χ4v) is 1.63. The van der Waals surface area contributed by atoms with Gasteiger partial charge in [0.1, 0.15) is 12.4 Å². The van der Waals surface area contributed by atoms with E-state index in [0.717, 1.165) is 16.9 Å². The lowest BCUT2D eigenvalue weighted by molar-refractivity contribution is 0.305. The molecular weight excluding hydrogens is 210 g/mol. The van der Waals surface area contributed by atoms with E-state index < -0.39 is 0 Å². The number of nitrogens with zero attached hydrogens (tertiary/aromatic N) is 1. The van der Waals surface area contributed by atoms with Crippen molar-refractivity contribution in [2.75, 3.05) is 0 Å². The van der Waals surface area contributed by atoms with E-state index >= 15 is 0 Å². The van der Waals surface area contributed by atoms with Crippen LogP contribution < -0.4 is 4.74 Å². The Balaban J connectivity index is 2.07. The summed E-state index contributed by atoms with van der Waals surface area (Å²) in [5.41, 5.74) is 2.10. The lowest BCUT2D eigenvalue weighted by atomic mass is 10.1. The van der Waals surface area contributed by atoms with Crippen molar-refractivity contribution < 1.29 is 4.74 Å². The molecule has 2 rings (SSSR count). The molecule has 0 fully saturated rings. The highest BCUT2D eigenvalue weighted by Crippen LogP contribution is 2.14. The minimum Gasteiger partial charge on any atom is -0.489 e. The molecule has 84 valence electrons. The molecule has 0 amide bonds. The monoisotopic (exact) mass is 223 g/mol. The molecule has 0 aromatic heterocycles. The summed E-state index contributed by atoms with van der Waals surface area (Å²) < 4.78 is 5.67. The van der Waals surface area contributed by atoms with E-state index in [1.165, 1.54) is 0 Å². The zero-order valence-corrected chi connectivity index (χ0v) is 9.47. The van der Waals surface area contributed by atoms with Gasteiger partial charge in [0.2, 0.25) is 0 Å². The molecule has 0 aliphatic heterocycles. The van der Waals surface area contributed by atoms with Crippen molar-refractivity contribution in [2.24, 2.45) is 0 Å². The van der Waals surface area contributed by atoms with Crippen molar-refractivity contribution in [2.45, 2.75) is 13.0 Å². The van der Waals surface area contributed by atoms with Gasteiger partial charge in [-0.3, -0.25) is 0 Å². The van der Waals surface area contributed by atoms with E-state index in [4.69, 9.17) is 10.00 Å². The summed E-state index contributed by atoms with van der Waals surface area (Å²) in [7, 11) is 0. The van der Waals surface area contributed by atoms with Crippen LogP contribution in [0.5, 0.6) is 5.75 Å². The van der Waals surface area contributed by atoms with Gasteiger partial charge in [0, 0.05) is 0 Å². The first-order chi connectivity index (χ1) is 8.40. The van der Waals surface area contributed by atoms with Crippen LogP contribution in [0.3, 0.4) is 0 Å². The van der Waals surface area contributed by atoms with Gasteiger partial charge in [-0.1, -0.05) is 42.5 Å². The Labute approximate surface area is 101 Å². The average molecular weight is 223 g/mol. The molecular formula is C15H13NO. The summed E-state index contributed by atoms with van der Waals surface area (Å²) in [5, 5.41) is 8.74. The largest absolute Gasteiger partial charge is 0.489 e. The molecule has 2 aromatic rings. The van der Waals surface area contributed by atoms with E-state index in [1.54, 1.807) is 0 Å². The Bertz CT molecular complexity index is 514. The average Bonchev–Trinajstić information content (AvgIpc) is 2.39. The quantitative estimate of drug-likeness (QED) is 0.796. The number of hydrogen-bond donors (Lipinski definition) is 0. The van der Waals surface area contributed by atoms with Crippen LogP contribution >= 0.6 is 0 Å². The highest BCUT2D eigenvalue weighted by atomic mass is 16.5. The topological polar surface area (TPSA) is 33.0 Å². The van der Waals surface area contributed by atoms with Crippen LogP contribution in [-0.2, 0) is 13.0 Å². The summed E-state index contributed by atoms with van der Waals surface area (Å²) >= 11 is 0. The van der Waals surface area contributed by atoms with Crippen LogP contribution in [0, 0.1) is 11.3 Å². The molecule has 0 atom stereocenters. The number of benzene rings is 2. The van der Waals surface area contributed by atoms with Crippen molar-refractivity contribution in [1.29, 1.82) is 5.26 Å². The second kappa shape index (κ2) is 5.72. The summed E-state index contributed by atoms with van der Waals surface area (Å²) in [4.78, 5) is 0. The predicted molar refractivity (Wildman–Crippen MR) is 66.5 cm³/mol. The molecule has 0 bridgehead atoms. The number of para-hydroxylation sites is 1. The molecule has 2 nitrogen and oxygen atoms in total. The molecule has 0 unspecified atom stereocenters. The minimum atomic E-state index is 0.425. The Morgan fingerprint density at radius 3 is 2.24 bits per heavy atom. The molecule has 0 aliphatic carbocycles. The summed E-state index contributed by atoms with van der Waals surface area (Å²) in [5.74, 6) is 0.847. The van der Waals surface area contributed by atoms with Crippen molar-refractivity contribution in [3.63, 3.8) is 0 Å². The highest BCUT2D eigenvalue weighted by Gasteiger charge is 2.01.